The molecule has 2 rings (SSSR count). The van der Waals surface area contributed by atoms with Gasteiger partial charge < -0.3 is 9.47 Å². The quantitative estimate of drug-likeness (QED) is 0.770. The fourth-order valence-electron chi connectivity index (χ4n) is 2.23. The molecule has 0 amide bonds. The van der Waals surface area contributed by atoms with Crippen LogP contribution >= 0.6 is 0 Å². The molecule has 0 heterocycles. The number of hydrogen-bond acceptors (Lipinski definition) is 2. The molecule has 1 aliphatic carbocycles. The van der Waals surface area contributed by atoms with Gasteiger partial charge in [-0.15, -0.1) is 0 Å². The van der Waals surface area contributed by atoms with Crippen molar-refractivity contribution in [3.8, 4) is 5.75 Å². The molecule has 1 aromatic rings. The van der Waals surface area contributed by atoms with E-state index in [1.54, 1.807) is 18.4 Å². The van der Waals surface area contributed by atoms with Gasteiger partial charge in [-0.2, -0.15) is 4.39 Å². The second-order valence-corrected chi connectivity index (χ2v) is 4.31. The third-order valence-electron chi connectivity index (χ3n) is 3.16. The van der Waals surface area contributed by atoms with E-state index in [9.17, 15) is 8.78 Å². The van der Waals surface area contributed by atoms with Crippen molar-refractivity contribution >= 4 is 0 Å². The highest BCUT2D eigenvalue weighted by atomic mass is 19.2. The molecule has 0 aliphatic heterocycles. The summed E-state index contributed by atoms with van der Waals surface area (Å²) in [6, 6.07) is 1.58. The number of rotatable bonds is 3. The van der Waals surface area contributed by atoms with Crippen molar-refractivity contribution in [1.29, 1.82) is 0 Å². The van der Waals surface area contributed by atoms with Crippen molar-refractivity contribution in [2.24, 2.45) is 0 Å². The smallest absolute Gasteiger partial charge is 0.200 e. The van der Waals surface area contributed by atoms with E-state index in [1.165, 1.54) is 7.11 Å². The zero-order valence-electron chi connectivity index (χ0n) is 10.5. The molecule has 1 unspecified atom stereocenters. The van der Waals surface area contributed by atoms with E-state index in [4.69, 9.17) is 9.47 Å². The number of aryl methyl sites for hydroxylation is 1. The summed E-state index contributed by atoms with van der Waals surface area (Å²) < 4.78 is 37.8. The van der Waals surface area contributed by atoms with Crippen LogP contribution in [-0.4, -0.2) is 13.2 Å². The summed E-state index contributed by atoms with van der Waals surface area (Å²) in [6.45, 7) is 1.85. The normalized spacial score (nSPS) is 18.8. The average Bonchev–Trinajstić information content (AvgIpc) is 2.40. The Labute approximate surface area is 105 Å². The summed E-state index contributed by atoms with van der Waals surface area (Å²) in [4.78, 5) is 0. The van der Waals surface area contributed by atoms with Gasteiger partial charge in [-0.1, -0.05) is 6.08 Å². The van der Waals surface area contributed by atoms with Crippen molar-refractivity contribution in [3.63, 3.8) is 0 Å². The van der Waals surface area contributed by atoms with E-state index in [0.29, 0.717) is 18.4 Å². The number of hydrogen-bond donors (Lipinski definition) is 0. The molecule has 0 spiro atoms. The molecule has 0 saturated heterocycles. The molecule has 0 bridgehead atoms. The third kappa shape index (κ3) is 2.33. The molecule has 18 heavy (non-hydrogen) atoms. The molecule has 2 nitrogen and oxygen atoms in total. The Bertz CT molecular complexity index is 469. The van der Waals surface area contributed by atoms with Crippen molar-refractivity contribution < 1.29 is 18.3 Å². The number of benzene rings is 1. The fourth-order valence-corrected chi connectivity index (χ4v) is 2.23. The largest absolute Gasteiger partial charge is 0.498 e. The van der Waals surface area contributed by atoms with E-state index < -0.39 is 11.6 Å². The highest BCUT2D eigenvalue weighted by Crippen LogP contribution is 2.32. The van der Waals surface area contributed by atoms with Crippen LogP contribution in [0.2, 0.25) is 0 Å². The number of fused-ring (bicyclic) bond motifs is 1. The summed E-state index contributed by atoms with van der Waals surface area (Å²) in [7, 11) is 1.34. The minimum absolute atomic E-state index is 0.0286. The van der Waals surface area contributed by atoms with E-state index in [2.05, 4.69) is 0 Å². The van der Waals surface area contributed by atoms with Crippen LogP contribution in [-0.2, 0) is 17.6 Å². The van der Waals surface area contributed by atoms with Crippen LogP contribution in [0.25, 0.3) is 0 Å². The zero-order chi connectivity index (χ0) is 13.1. The number of ether oxygens (including phenoxy) is 2. The van der Waals surface area contributed by atoms with Crippen LogP contribution in [0.5, 0.6) is 5.75 Å². The molecule has 1 aliphatic rings. The molecule has 1 atom stereocenters. The standard InChI is InChI=1S/C14H16F2O2/c1-3-6-18-10-5-4-9-7-12(17-2)14(16)13(15)11(9)8-10/h3,6-7,10H,4-5,8H2,1-2H3. The second-order valence-electron chi connectivity index (χ2n) is 4.31. The highest BCUT2D eigenvalue weighted by molar-refractivity contribution is 5.40. The van der Waals surface area contributed by atoms with Gasteiger partial charge >= 0.3 is 0 Å². The van der Waals surface area contributed by atoms with Gasteiger partial charge in [0.1, 0.15) is 6.10 Å². The summed E-state index contributed by atoms with van der Waals surface area (Å²) >= 11 is 0. The van der Waals surface area contributed by atoms with Crippen molar-refractivity contribution in [3.05, 3.63) is 41.2 Å². The summed E-state index contributed by atoms with van der Waals surface area (Å²) in [5.74, 6) is -1.75. The van der Waals surface area contributed by atoms with Gasteiger partial charge in [0.05, 0.1) is 13.4 Å². The molecular weight excluding hydrogens is 238 g/mol. The Hall–Kier alpha value is -1.58. The number of methoxy groups -OCH3 is 1. The Morgan fingerprint density at radius 3 is 2.78 bits per heavy atom. The van der Waals surface area contributed by atoms with Crippen LogP contribution in [0.1, 0.15) is 24.5 Å². The lowest BCUT2D eigenvalue weighted by molar-refractivity contribution is 0.128. The first-order chi connectivity index (χ1) is 8.67. The maximum Gasteiger partial charge on any atom is 0.200 e. The third-order valence-corrected chi connectivity index (χ3v) is 3.16. The first kappa shape index (κ1) is 12.9. The average molecular weight is 254 g/mol. The van der Waals surface area contributed by atoms with Gasteiger partial charge in [-0.25, -0.2) is 4.39 Å². The second kappa shape index (κ2) is 5.38. The monoisotopic (exact) mass is 254 g/mol. The van der Waals surface area contributed by atoms with Gasteiger partial charge in [-0.05, 0) is 37.0 Å². The Balaban J connectivity index is 2.29. The van der Waals surface area contributed by atoms with Crippen molar-refractivity contribution in [2.45, 2.75) is 32.3 Å². The van der Waals surface area contributed by atoms with E-state index in [0.717, 1.165) is 12.0 Å². The first-order valence-electron chi connectivity index (χ1n) is 5.97. The Morgan fingerprint density at radius 1 is 1.33 bits per heavy atom. The molecule has 1 aromatic carbocycles. The molecule has 0 aromatic heterocycles. The van der Waals surface area contributed by atoms with Crippen molar-refractivity contribution in [1.82, 2.24) is 0 Å². The highest BCUT2D eigenvalue weighted by Gasteiger charge is 2.26. The lowest BCUT2D eigenvalue weighted by Crippen LogP contribution is -2.22. The molecule has 98 valence electrons. The van der Waals surface area contributed by atoms with Gasteiger partial charge in [0, 0.05) is 6.42 Å². The minimum atomic E-state index is -0.914. The van der Waals surface area contributed by atoms with E-state index in [1.807, 2.05) is 6.92 Å². The van der Waals surface area contributed by atoms with E-state index in [-0.39, 0.29) is 11.9 Å². The lowest BCUT2D eigenvalue weighted by atomic mass is 9.89. The predicted octanol–water partition coefficient (Wildman–Crippen LogP) is 3.38. The maximum atomic E-state index is 13.9. The summed E-state index contributed by atoms with van der Waals surface area (Å²) in [5, 5.41) is 0. The first-order valence-corrected chi connectivity index (χ1v) is 5.97. The molecule has 0 fully saturated rings. The van der Waals surface area contributed by atoms with Crippen molar-refractivity contribution in [2.75, 3.05) is 7.11 Å². The predicted molar refractivity (Wildman–Crippen MR) is 64.6 cm³/mol. The Kier molecular flexibility index (Phi) is 3.84. The lowest BCUT2D eigenvalue weighted by Gasteiger charge is -2.25. The molecule has 0 radical (unpaired) electrons. The maximum absolute atomic E-state index is 13.9. The molecule has 0 N–H and O–H groups in total. The van der Waals surface area contributed by atoms with Gasteiger partial charge in [-0.3, -0.25) is 0 Å². The van der Waals surface area contributed by atoms with Gasteiger partial charge in [0.15, 0.2) is 11.6 Å². The Morgan fingerprint density at radius 2 is 2.11 bits per heavy atom. The van der Waals surface area contributed by atoms with Crippen LogP contribution in [0.3, 0.4) is 0 Å². The molecular formula is C14H16F2O2. The minimum Gasteiger partial charge on any atom is -0.498 e. The molecule has 4 heteroatoms. The van der Waals surface area contributed by atoms with Crippen LogP contribution in [0, 0.1) is 11.6 Å². The molecule has 0 saturated carbocycles. The summed E-state index contributed by atoms with van der Waals surface area (Å²) in [5.41, 5.74) is 1.22. The number of halogens is 2. The topological polar surface area (TPSA) is 18.5 Å². The van der Waals surface area contributed by atoms with E-state index >= 15 is 0 Å². The number of allylic oxidation sites excluding steroid dienone is 1. The van der Waals surface area contributed by atoms with Crippen LogP contribution in [0.4, 0.5) is 8.78 Å². The fraction of sp³-hybridized carbons (Fsp3) is 0.429. The van der Waals surface area contributed by atoms with Crippen LogP contribution < -0.4 is 4.74 Å². The van der Waals surface area contributed by atoms with Crippen LogP contribution in [0.15, 0.2) is 18.4 Å². The van der Waals surface area contributed by atoms with Gasteiger partial charge in [0.25, 0.3) is 0 Å². The zero-order valence-corrected chi connectivity index (χ0v) is 10.5. The van der Waals surface area contributed by atoms with Gasteiger partial charge in [0.2, 0.25) is 5.82 Å². The summed E-state index contributed by atoms with van der Waals surface area (Å²) in [6.07, 6.45) is 5.15. The SMILES string of the molecule is CC=COC1CCc2cc(OC)c(F)c(F)c2C1.